The van der Waals surface area contributed by atoms with Crippen molar-refractivity contribution in [2.75, 3.05) is 5.32 Å². The number of carbonyl (C=O) groups excluding carboxylic acids is 2. The second kappa shape index (κ2) is 4.36. The average Bonchev–Trinajstić information content (AvgIpc) is 2.01. The van der Waals surface area contributed by atoms with E-state index in [-0.39, 0.29) is 12.3 Å². The molecular formula is C9H12N3O2+. The third kappa shape index (κ3) is 3.22. The summed E-state index contributed by atoms with van der Waals surface area (Å²) in [5.41, 5.74) is 5.52. The van der Waals surface area contributed by atoms with Gasteiger partial charge in [-0.1, -0.05) is 0 Å². The Balaban J connectivity index is 2.78. The van der Waals surface area contributed by atoms with E-state index in [0.717, 1.165) is 0 Å². The van der Waals surface area contributed by atoms with Gasteiger partial charge >= 0.3 is 6.03 Å². The van der Waals surface area contributed by atoms with Gasteiger partial charge in [-0.15, -0.1) is 0 Å². The zero-order valence-corrected chi connectivity index (χ0v) is 7.86. The van der Waals surface area contributed by atoms with Crippen LogP contribution in [0, 0.1) is 0 Å². The fraction of sp³-hybridized carbons (Fsp3) is 0.222. The molecule has 1 aromatic heterocycles. The van der Waals surface area contributed by atoms with Gasteiger partial charge < -0.3 is 11.1 Å². The topological polar surface area (TPSA) is 76.1 Å². The number of primary amides is 1. The fourth-order valence-electron chi connectivity index (χ4n) is 1.09. The molecular weight excluding hydrogens is 182 g/mol. The van der Waals surface area contributed by atoms with Crippen molar-refractivity contribution in [3.8, 4) is 0 Å². The summed E-state index contributed by atoms with van der Waals surface area (Å²) in [4.78, 5) is 21.4. The van der Waals surface area contributed by atoms with Gasteiger partial charge in [-0.2, -0.15) is 4.57 Å². The standard InChI is InChI=1S/C9H11N3O2/c1-7(13)5-12-4-2-3-8(6-12)11-9(10)14/h2-4,6H,5H2,1H3,(H2-,10,11,14)/p+1. The minimum absolute atomic E-state index is 0.0474. The maximum Gasteiger partial charge on any atom is 0.316 e. The number of rotatable bonds is 3. The fourth-order valence-corrected chi connectivity index (χ4v) is 1.09. The Labute approximate surface area is 81.5 Å². The molecule has 1 rings (SSSR count). The van der Waals surface area contributed by atoms with E-state index in [4.69, 9.17) is 5.73 Å². The lowest BCUT2D eigenvalue weighted by Crippen LogP contribution is -2.37. The SMILES string of the molecule is CC(=O)C[n+]1cccc(NC(N)=O)c1. The van der Waals surface area contributed by atoms with E-state index in [1.54, 1.807) is 29.1 Å². The number of amides is 2. The van der Waals surface area contributed by atoms with Crippen LogP contribution < -0.4 is 15.6 Å². The van der Waals surface area contributed by atoms with Crippen molar-refractivity contribution in [1.82, 2.24) is 0 Å². The van der Waals surface area contributed by atoms with Gasteiger partial charge in [-0.25, -0.2) is 4.79 Å². The zero-order valence-electron chi connectivity index (χ0n) is 7.86. The molecule has 0 aromatic carbocycles. The predicted octanol–water partition coefficient (Wildman–Crippen LogP) is 0.0537. The maximum absolute atomic E-state index is 10.8. The summed E-state index contributed by atoms with van der Waals surface area (Å²) in [7, 11) is 0. The third-order valence-electron chi connectivity index (χ3n) is 1.53. The van der Waals surface area contributed by atoms with E-state index in [1.165, 1.54) is 6.92 Å². The first-order valence-electron chi connectivity index (χ1n) is 4.13. The molecule has 1 heterocycles. The highest BCUT2D eigenvalue weighted by Gasteiger charge is 2.05. The van der Waals surface area contributed by atoms with Gasteiger partial charge in [0.1, 0.15) is 5.69 Å². The molecule has 0 aliphatic carbocycles. The third-order valence-corrected chi connectivity index (χ3v) is 1.53. The number of nitrogens with zero attached hydrogens (tertiary/aromatic N) is 1. The number of pyridine rings is 1. The van der Waals surface area contributed by atoms with Gasteiger partial charge in [0.2, 0.25) is 6.54 Å². The number of ketones is 1. The summed E-state index contributed by atoms with van der Waals surface area (Å²) in [6.45, 7) is 1.79. The second-order valence-electron chi connectivity index (χ2n) is 2.96. The largest absolute Gasteiger partial charge is 0.351 e. The van der Waals surface area contributed by atoms with E-state index < -0.39 is 6.03 Å². The van der Waals surface area contributed by atoms with Crippen molar-refractivity contribution in [1.29, 1.82) is 0 Å². The molecule has 0 saturated heterocycles. The van der Waals surface area contributed by atoms with Crippen molar-refractivity contribution < 1.29 is 14.2 Å². The number of hydrogen-bond acceptors (Lipinski definition) is 2. The van der Waals surface area contributed by atoms with E-state index in [2.05, 4.69) is 5.32 Å². The van der Waals surface area contributed by atoms with E-state index >= 15 is 0 Å². The van der Waals surface area contributed by atoms with Crippen molar-refractivity contribution in [3.63, 3.8) is 0 Å². The number of urea groups is 1. The number of anilines is 1. The van der Waals surface area contributed by atoms with Gasteiger partial charge in [0.05, 0.1) is 0 Å². The lowest BCUT2D eigenvalue weighted by molar-refractivity contribution is -0.683. The van der Waals surface area contributed by atoms with Gasteiger partial charge in [-0.05, 0) is 6.07 Å². The Morgan fingerprint density at radius 2 is 2.29 bits per heavy atom. The van der Waals surface area contributed by atoms with Crippen molar-refractivity contribution in [3.05, 3.63) is 24.5 Å². The van der Waals surface area contributed by atoms with Crippen molar-refractivity contribution >= 4 is 17.5 Å². The summed E-state index contributed by atoms with van der Waals surface area (Å²) in [6, 6.07) is 2.81. The lowest BCUT2D eigenvalue weighted by atomic mass is 10.4. The molecule has 0 spiro atoms. The quantitative estimate of drug-likeness (QED) is 0.667. The van der Waals surface area contributed by atoms with Gasteiger partial charge in [0, 0.05) is 13.0 Å². The summed E-state index contributed by atoms with van der Waals surface area (Å²) < 4.78 is 1.67. The van der Waals surface area contributed by atoms with Crippen LogP contribution in [-0.4, -0.2) is 11.8 Å². The Hall–Kier alpha value is -1.91. The van der Waals surface area contributed by atoms with Crippen LogP contribution in [0.25, 0.3) is 0 Å². The van der Waals surface area contributed by atoms with Crippen LogP contribution in [0.1, 0.15) is 6.92 Å². The number of carbonyl (C=O) groups is 2. The summed E-state index contributed by atoms with van der Waals surface area (Å²) in [6.07, 6.45) is 3.39. The number of nitrogens with one attached hydrogen (secondary N) is 1. The molecule has 0 radical (unpaired) electrons. The van der Waals surface area contributed by atoms with Gasteiger partial charge in [-0.3, -0.25) is 4.79 Å². The minimum Gasteiger partial charge on any atom is -0.351 e. The first kappa shape index (κ1) is 10.2. The molecule has 0 aliphatic rings. The van der Waals surface area contributed by atoms with Crippen LogP contribution in [0.15, 0.2) is 24.5 Å². The highest BCUT2D eigenvalue weighted by molar-refractivity contribution is 5.87. The monoisotopic (exact) mass is 194 g/mol. The molecule has 0 bridgehead atoms. The molecule has 3 N–H and O–H groups in total. The smallest absolute Gasteiger partial charge is 0.316 e. The summed E-state index contributed by atoms with van der Waals surface area (Å²) >= 11 is 0. The van der Waals surface area contributed by atoms with Gasteiger partial charge in [0.25, 0.3) is 0 Å². The van der Waals surface area contributed by atoms with Crippen LogP contribution in [0.4, 0.5) is 10.5 Å². The van der Waals surface area contributed by atoms with Crippen LogP contribution >= 0.6 is 0 Å². The van der Waals surface area contributed by atoms with E-state index in [9.17, 15) is 9.59 Å². The molecule has 5 nitrogen and oxygen atoms in total. The van der Waals surface area contributed by atoms with Gasteiger partial charge in [0.15, 0.2) is 18.2 Å². The molecule has 0 saturated carbocycles. The minimum atomic E-state index is -0.620. The summed E-state index contributed by atoms with van der Waals surface area (Å²) in [5.74, 6) is 0.0474. The molecule has 0 aliphatic heterocycles. The molecule has 2 amide bonds. The van der Waals surface area contributed by atoms with Crippen LogP contribution in [0.2, 0.25) is 0 Å². The number of hydrogen-bond donors (Lipinski definition) is 2. The second-order valence-corrected chi connectivity index (χ2v) is 2.96. The Kier molecular flexibility index (Phi) is 3.17. The van der Waals surface area contributed by atoms with Crippen LogP contribution in [0.5, 0.6) is 0 Å². The lowest BCUT2D eigenvalue weighted by Gasteiger charge is -1.99. The normalized spacial score (nSPS) is 9.50. The van der Waals surface area contributed by atoms with E-state index in [1.807, 2.05) is 0 Å². The molecule has 0 atom stereocenters. The van der Waals surface area contributed by atoms with Crippen LogP contribution in [-0.2, 0) is 11.3 Å². The molecule has 0 fully saturated rings. The van der Waals surface area contributed by atoms with Crippen molar-refractivity contribution in [2.24, 2.45) is 5.73 Å². The molecule has 1 aromatic rings. The van der Waals surface area contributed by atoms with Crippen LogP contribution in [0.3, 0.4) is 0 Å². The number of Topliss-reactive ketones (excluding diaryl/α,β-unsaturated/α-hetero) is 1. The Morgan fingerprint density at radius 3 is 2.86 bits per heavy atom. The highest BCUT2D eigenvalue weighted by Crippen LogP contribution is 2.00. The van der Waals surface area contributed by atoms with Crippen molar-refractivity contribution in [2.45, 2.75) is 13.5 Å². The average molecular weight is 194 g/mol. The van der Waals surface area contributed by atoms with E-state index in [0.29, 0.717) is 5.69 Å². The number of nitrogens with two attached hydrogens (primary N) is 1. The Bertz CT molecular complexity index is 332. The Morgan fingerprint density at radius 1 is 1.57 bits per heavy atom. The first-order valence-corrected chi connectivity index (χ1v) is 4.13. The maximum atomic E-state index is 10.8. The predicted molar refractivity (Wildman–Crippen MR) is 50.5 cm³/mol. The molecule has 74 valence electrons. The molecule has 5 heteroatoms. The zero-order chi connectivity index (χ0) is 10.6. The summed E-state index contributed by atoms with van der Waals surface area (Å²) in [5, 5.41) is 2.43. The molecule has 0 unspecified atom stereocenters. The highest BCUT2D eigenvalue weighted by atomic mass is 16.2. The molecule has 14 heavy (non-hydrogen) atoms. The first-order chi connectivity index (χ1) is 6.58. The number of aromatic nitrogens is 1.